The summed E-state index contributed by atoms with van der Waals surface area (Å²) in [5.74, 6) is 3.24. The van der Waals surface area contributed by atoms with E-state index in [4.69, 9.17) is 4.74 Å². The van der Waals surface area contributed by atoms with Crippen molar-refractivity contribution in [2.24, 2.45) is 17.3 Å². The Morgan fingerprint density at radius 3 is 2.52 bits per heavy atom. The molecule has 0 radical (unpaired) electrons. The molecule has 5 rings (SSSR count). The fourth-order valence-electron chi connectivity index (χ4n) is 6.31. The third-order valence-electron chi connectivity index (χ3n) is 8.98. The Morgan fingerprint density at radius 1 is 0.939 bits per heavy atom. The molecule has 1 aromatic carbocycles. The molecule has 0 N–H and O–H groups in total. The molecule has 4 aliphatic rings. The van der Waals surface area contributed by atoms with Gasteiger partial charge in [0.1, 0.15) is 12.4 Å². The molecule has 0 aromatic heterocycles. The quantitative estimate of drug-likeness (QED) is 0.575. The van der Waals surface area contributed by atoms with E-state index in [1.165, 1.54) is 82.9 Å². The van der Waals surface area contributed by atoms with E-state index in [-0.39, 0.29) is 0 Å². The Morgan fingerprint density at radius 2 is 1.76 bits per heavy atom. The largest absolute Gasteiger partial charge is 0.492 e. The van der Waals surface area contributed by atoms with Gasteiger partial charge in [0.15, 0.2) is 0 Å². The summed E-state index contributed by atoms with van der Waals surface area (Å²) in [4.78, 5) is 17.8. The lowest BCUT2D eigenvalue weighted by atomic mass is 9.73. The highest BCUT2D eigenvalue weighted by Crippen LogP contribution is 2.40. The number of likely N-dealkylation sites (tertiary alicyclic amines) is 1. The molecule has 1 saturated heterocycles. The van der Waals surface area contributed by atoms with Gasteiger partial charge < -0.3 is 9.64 Å². The predicted molar refractivity (Wildman–Crippen MR) is 133 cm³/mol. The Bertz CT molecular complexity index is 778. The molecular weight excluding hydrogens is 408 g/mol. The van der Waals surface area contributed by atoms with E-state index < -0.39 is 0 Å². The molecule has 1 amide bonds. The number of aryl methyl sites for hydroxylation is 1. The van der Waals surface area contributed by atoms with E-state index >= 15 is 0 Å². The molecule has 4 heteroatoms. The summed E-state index contributed by atoms with van der Waals surface area (Å²) in [6, 6.07) is 8.63. The van der Waals surface area contributed by atoms with Crippen LogP contribution >= 0.6 is 0 Å². The lowest BCUT2D eigenvalue weighted by molar-refractivity contribution is -0.134. The Balaban J connectivity index is 1.21. The Hall–Kier alpha value is -1.55. The summed E-state index contributed by atoms with van der Waals surface area (Å²) in [5, 5.41) is 0. The second-order valence-corrected chi connectivity index (χ2v) is 11.6. The molecule has 1 aromatic rings. The van der Waals surface area contributed by atoms with Crippen molar-refractivity contribution in [3.8, 4) is 5.75 Å². The summed E-state index contributed by atoms with van der Waals surface area (Å²) in [5.41, 5.74) is 1.74. The maximum Gasteiger partial charge on any atom is 0.222 e. The molecule has 3 fully saturated rings. The molecule has 0 bridgehead atoms. The third-order valence-corrected chi connectivity index (χ3v) is 8.98. The van der Waals surface area contributed by atoms with Crippen LogP contribution in [0, 0.1) is 17.3 Å². The first-order valence-corrected chi connectivity index (χ1v) is 13.9. The number of benzene rings is 1. The number of fused-ring (bicyclic) bond motifs is 1. The van der Waals surface area contributed by atoms with Crippen molar-refractivity contribution < 1.29 is 9.53 Å². The molecule has 1 spiro atoms. The van der Waals surface area contributed by atoms with Gasteiger partial charge in [0.25, 0.3) is 0 Å². The number of piperidine rings is 1. The number of amides is 1. The van der Waals surface area contributed by atoms with E-state index in [0.29, 0.717) is 11.3 Å². The molecule has 2 saturated carbocycles. The smallest absolute Gasteiger partial charge is 0.222 e. The van der Waals surface area contributed by atoms with Crippen LogP contribution in [0.15, 0.2) is 24.3 Å². The zero-order chi connectivity index (χ0) is 22.5. The van der Waals surface area contributed by atoms with Crippen LogP contribution in [0.1, 0.15) is 82.6 Å². The minimum absolute atomic E-state index is 0.373. The van der Waals surface area contributed by atoms with Gasteiger partial charge in [-0.3, -0.25) is 9.69 Å². The van der Waals surface area contributed by atoms with Crippen LogP contribution in [0.3, 0.4) is 0 Å². The van der Waals surface area contributed by atoms with Crippen molar-refractivity contribution in [3.05, 3.63) is 29.8 Å². The predicted octanol–water partition coefficient (Wildman–Crippen LogP) is 5.69. The van der Waals surface area contributed by atoms with Gasteiger partial charge in [-0.05, 0) is 80.2 Å². The van der Waals surface area contributed by atoms with Gasteiger partial charge in [0.05, 0.1) is 0 Å². The van der Waals surface area contributed by atoms with E-state index in [2.05, 4.69) is 34.1 Å². The monoisotopic (exact) mass is 452 g/mol. The van der Waals surface area contributed by atoms with Crippen LogP contribution in [-0.2, 0) is 11.2 Å². The minimum Gasteiger partial charge on any atom is -0.492 e. The third kappa shape index (κ3) is 6.32. The van der Waals surface area contributed by atoms with Crippen molar-refractivity contribution in [2.75, 3.05) is 39.3 Å². The molecule has 2 aliphatic heterocycles. The van der Waals surface area contributed by atoms with Gasteiger partial charge in [-0.15, -0.1) is 0 Å². The standard InChI is InChI=1S/C29H44N2O2/c32-28(14-13-24-6-5-7-24)31-18-16-29(17-19-31)15-4-3-9-26-8-1-2-10-27(26)33-21-20-30(23-29)22-25-11-12-25/h1-2,8,10,24-25H,3-7,9,11-23H2. The Labute approximate surface area is 201 Å². The molecule has 0 unspecified atom stereocenters. The van der Waals surface area contributed by atoms with E-state index in [0.717, 1.165) is 63.1 Å². The van der Waals surface area contributed by atoms with Gasteiger partial charge in [-0.1, -0.05) is 43.9 Å². The SMILES string of the molecule is O=C(CCC1CCC1)N1CCC2(CCCCc3ccccc3OCCN(CC3CC3)C2)CC1. The van der Waals surface area contributed by atoms with Gasteiger partial charge >= 0.3 is 0 Å². The molecule has 182 valence electrons. The number of hydrogen-bond acceptors (Lipinski definition) is 3. The zero-order valence-corrected chi connectivity index (χ0v) is 20.6. The van der Waals surface area contributed by atoms with Crippen LogP contribution in [0.4, 0.5) is 0 Å². The van der Waals surface area contributed by atoms with Crippen LogP contribution in [0.2, 0.25) is 0 Å². The first kappa shape index (κ1) is 23.2. The van der Waals surface area contributed by atoms with Gasteiger partial charge in [-0.25, -0.2) is 0 Å². The average molecular weight is 453 g/mol. The topological polar surface area (TPSA) is 32.8 Å². The highest BCUT2D eigenvalue weighted by molar-refractivity contribution is 5.76. The summed E-state index contributed by atoms with van der Waals surface area (Å²) >= 11 is 0. The molecule has 4 nitrogen and oxygen atoms in total. The van der Waals surface area contributed by atoms with Gasteiger partial charge in [-0.2, -0.15) is 0 Å². The first-order valence-electron chi connectivity index (χ1n) is 13.9. The molecular formula is C29H44N2O2. The average Bonchev–Trinajstić information content (AvgIpc) is 3.60. The van der Waals surface area contributed by atoms with E-state index in [9.17, 15) is 4.79 Å². The van der Waals surface area contributed by atoms with Crippen molar-refractivity contribution in [1.82, 2.24) is 9.80 Å². The van der Waals surface area contributed by atoms with Gasteiger partial charge in [0.2, 0.25) is 5.91 Å². The number of nitrogens with zero attached hydrogens (tertiary/aromatic N) is 2. The second-order valence-electron chi connectivity index (χ2n) is 11.6. The fraction of sp³-hybridized carbons (Fsp3) is 0.759. The van der Waals surface area contributed by atoms with E-state index in [1.807, 2.05) is 0 Å². The Kier molecular flexibility index (Phi) is 7.59. The number of hydrogen-bond donors (Lipinski definition) is 0. The molecule has 33 heavy (non-hydrogen) atoms. The number of carbonyl (C=O) groups excluding carboxylic acids is 1. The molecule has 2 aliphatic carbocycles. The first-order chi connectivity index (χ1) is 16.2. The van der Waals surface area contributed by atoms with Crippen molar-refractivity contribution >= 4 is 5.91 Å². The number of carbonyl (C=O) groups is 1. The maximum absolute atomic E-state index is 12.9. The number of para-hydroxylation sites is 1. The van der Waals surface area contributed by atoms with Crippen molar-refractivity contribution in [1.29, 1.82) is 0 Å². The number of ether oxygens (including phenoxy) is 1. The summed E-state index contributed by atoms with van der Waals surface area (Å²) < 4.78 is 6.28. The minimum atomic E-state index is 0.373. The van der Waals surface area contributed by atoms with E-state index in [1.54, 1.807) is 0 Å². The second kappa shape index (κ2) is 10.8. The van der Waals surface area contributed by atoms with Gasteiger partial charge in [0, 0.05) is 39.1 Å². The fourth-order valence-corrected chi connectivity index (χ4v) is 6.31. The normalized spacial score (nSPS) is 24.8. The summed E-state index contributed by atoms with van der Waals surface area (Å²) in [6.45, 7) is 6.18. The summed E-state index contributed by atoms with van der Waals surface area (Å²) in [6.07, 6.45) is 16.1. The molecule has 0 atom stereocenters. The van der Waals surface area contributed by atoms with Crippen LogP contribution in [-0.4, -0.2) is 55.0 Å². The highest BCUT2D eigenvalue weighted by Gasteiger charge is 2.38. The number of rotatable bonds is 5. The maximum atomic E-state index is 12.9. The lowest BCUT2D eigenvalue weighted by Crippen LogP contribution is -2.49. The van der Waals surface area contributed by atoms with Crippen LogP contribution in [0.25, 0.3) is 0 Å². The molecule has 2 heterocycles. The van der Waals surface area contributed by atoms with Crippen molar-refractivity contribution in [2.45, 2.75) is 83.5 Å². The van der Waals surface area contributed by atoms with Crippen LogP contribution in [0.5, 0.6) is 5.75 Å². The summed E-state index contributed by atoms with van der Waals surface area (Å²) in [7, 11) is 0. The zero-order valence-electron chi connectivity index (χ0n) is 20.6. The lowest BCUT2D eigenvalue weighted by Gasteiger charge is -2.45. The van der Waals surface area contributed by atoms with Crippen molar-refractivity contribution in [3.63, 3.8) is 0 Å². The van der Waals surface area contributed by atoms with Crippen LogP contribution < -0.4 is 4.74 Å². The highest BCUT2D eigenvalue weighted by atomic mass is 16.5.